The number of para-hydroxylation sites is 3. The van der Waals surface area contributed by atoms with Gasteiger partial charge >= 0.3 is 0 Å². The molecule has 3 nitrogen and oxygen atoms in total. The number of fused-ring (bicyclic) bond motifs is 9. The highest BCUT2D eigenvalue weighted by molar-refractivity contribution is 6.09. The Balaban J connectivity index is 1.15. The van der Waals surface area contributed by atoms with E-state index in [9.17, 15) is 0 Å². The van der Waals surface area contributed by atoms with Gasteiger partial charge in [0.2, 0.25) is 0 Å². The summed E-state index contributed by atoms with van der Waals surface area (Å²) in [6, 6.07) is 48.4. The van der Waals surface area contributed by atoms with Crippen molar-refractivity contribution in [2.24, 2.45) is 0 Å². The molecule has 0 unspecified atom stereocenters. The van der Waals surface area contributed by atoms with Crippen LogP contribution in [-0.4, -0.2) is 4.57 Å². The lowest BCUT2D eigenvalue weighted by Crippen LogP contribution is -2.25. The van der Waals surface area contributed by atoms with Crippen LogP contribution in [0.25, 0.3) is 44.2 Å². The van der Waals surface area contributed by atoms with Crippen LogP contribution >= 0.6 is 0 Å². The van der Waals surface area contributed by atoms with Gasteiger partial charge in [-0.2, -0.15) is 0 Å². The molecule has 7 aromatic rings. The fourth-order valence-electron chi connectivity index (χ4n) is 8.29. The molecule has 0 N–H and O–H groups in total. The Labute approximate surface area is 286 Å². The minimum absolute atomic E-state index is 0.319. The highest BCUT2D eigenvalue weighted by atomic mass is 16.5. The number of nitrogens with zero attached hydrogens (tertiary/aromatic N) is 2. The fraction of sp³-hybridized carbons (Fsp3) is 0.0870. The average molecular weight is 631 g/mol. The maximum Gasteiger partial charge on any atom is 0.131 e. The van der Waals surface area contributed by atoms with Crippen LogP contribution in [0.3, 0.4) is 0 Å². The molecule has 1 aliphatic carbocycles. The molecule has 234 valence electrons. The van der Waals surface area contributed by atoms with E-state index < -0.39 is 0 Å². The van der Waals surface area contributed by atoms with Crippen molar-refractivity contribution < 1.29 is 4.74 Å². The molecule has 0 saturated heterocycles. The fourth-order valence-corrected chi connectivity index (χ4v) is 8.29. The van der Waals surface area contributed by atoms with Crippen molar-refractivity contribution in [3.05, 3.63) is 180 Å². The number of ether oxygens (including phenoxy) is 1. The number of rotatable bonds is 2. The van der Waals surface area contributed by atoms with Gasteiger partial charge in [0.05, 0.1) is 22.4 Å². The third-order valence-corrected chi connectivity index (χ3v) is 10.7. The van der Waals surface area contributed by atoms with Crippen LogP contribution in [0.15, 0.2) is 163 Å². The second-order valence-electron chi connectivity index (χ2n) is 13.7. The number of hydrogen-bond donors (Lipinski definition) is 0. The number of anilines is 2. The number of allylic oxidation sites excluding steroid dienone is 5. The second kappa shape index (κ2) is 10.5. The van der Waals surface area contributed by atoms with Crippen LogP contribution < -0.4 is 9.64 Å². The van der Waals surface area contributed by atoms with E-state index >= 15 is 0 Å². The molecular weight excluding hydrogens is 597 g/mol. The van der Waals surface area contributed by atoms with E-state index in [-0.39, 0.29) is 5.41 Å². The maximum atomic E-state index is 6.71. The van der Waals surface area contributed by atoms with Gasteiger partial charge in [-0.05, 0) is 83.8 Å². The summed E-state index contributed by atoms with van der Waals surface area (Å²) in [7, 11) is 0. The first-order valence-corrected chi connectivity index (χ1v) is 17.1. The van der Waals surface area contributed by atoms with Gasteiger partial charge in [0.15, 0.2) is 0 Å². The van der Waals surface area contributed by atoms with Gasteiger partial charge in [0.1, 0.15) is 11.5 Å². The van der Waals surface area contributed by atoms with E-state index in [1.165, 1.54) is 66.6 Å². The van der Waals surface area contributed by atoms with Crippen LogP contribution in [0.4, 0.5) is 11.4 Å². The standard InChI is InChI=1S/C46H34N2O/c1-46(2)38-28-30(47-40-20-5-3-4-16-34(40)32-14-6-7-15-33(32)35-17-8-11-21-41(35)47)24-26-44(38)49-45-27-25-31(29-39(45)46)48-42-22-12-9-18-36(42)37-19-10-13-23-43(37)48/h3-15,17-29H,16H2,1-2H3. The van der Waals surface area contributed by atoms with Crippen LogP contribution in [0.5, 0.6) is 11.5 Å². The summed E-state index contributed by atoms with van der Waals surface area (Å²) >= 11 is 0. The van der Waals surface area contributed by atoms with Gasteiger partial charge in [-0.15, -0.1) is 0 Å². The maximum absolute atomic E-state index is 6.71. The molecule has 2 aliphatic heterocycles. The van der Waals surface area contributed by atoms with E-state index in [1.807, 2.05) is 0 Å². The summed E-state index contributed by atoms with van der Waals surface area (Å²) < 4.78 is 9.10. The smallest absolute Gasteiger partial charge is 0.131 e. The van der Waals surface area contributed by atoms with Crippen LogP contribution in [0.2, 0.25) is 0 Å². The predicted molar refractivity (Wildman–Crippen MR) is 203 cm³/mol. The molecule has 0 atom stereocenters. The highest BCUT2D eigenvalue weighted by Crippen LogP contribution is 2.52. The van der Waals surface area contributed by atoms with Gasteiger partial charge in [0, 0.05) is 44.3 Å². The Morgan fingerprint density at radius 2 is 1.16 bits per heavy atom. The minimum Gasteiger partial charge on any atom is -0.457 e. The first-order valence-electron chi connectivity index (χ1n) is 17.1. The van der Waals surface area contributed by atoms with E-state index in [2.05, 4.69) is 181 Å². The van der Waals surface area contributed by atoms with Gasteiger partial charge < -0.3 is 14.2 Å². The van der Waals surface area contributed by atoms with Gasteiger partial charge in [-0.1, -0.05) is 111 Å². The Morgan fingerprint density at radius 1 is 0.571 bits per heavy atom. The van der Waals surface area contributed by atoms with Crippen molar-refractivity contribution in [1.82, 2.24) is 4.57 Å². The van der Waals surface area contributed by atoms with Crippen molar-refractivity contribution >= 4 is 38.8 Å². The van der Waals surface area contributed by atoms with E-state index in [0.717, 1.165) is 29.3 Å². The summed E-state index contributed by atoms with van der Waals surface area (Å²) in [6.07, 6.45) is 9.73. The van der Waals surface area contributed by atoms with Crippen LogP contribution in [0, 0.1) is 0 Å². The zero-order chi connectivity index (χ0) is 32.7. The summed E-state index contributed by atoms with van der Waals surface area (Å²) in [5.41, 5.74) is 14.2. The van der Waals surface area contributed by atoms with Gasteiger partial charge in [-0.3, -0.25) is 0 Å². The highest BCUT2D eigenvalue weighted by Gasteiger charge is 2.36. The molecule has 49 heavy (non-hydrogen) atoms. The monoisotopic (exact) mass is 630 g/mol. The molecule has 0 radical (unpaired) electrons. The van der Waals surface area contributed by atoms with Gasteiger partial charge in [0.25, 0.3) is 0 Å². The number of benzene rings is 6. The molecule has 0 fully saturated rings. The average Bonchev–Trinajstić information content (AvgIpc) is 3.23. The molecule has 0 bridgehead atoms. The lowest BCUT2D eigenvalue weighted by atomic mass is 9.75. The summed E-state index contributed by atoms with van der Waals surface area (Å²) in [5, 5.41) is 2.52. The largest absolute Gasteiger partial charge is 0.457 e. The minimum atomic E-state index is -0.319. The second-order valence-corrected chi connectivity index (χ2v) is 13.7. The predicted octanol–water partition coefficient (Wildman–Crippen LogP) is 12.3. The normalized spacial score (nSPS) is 15.5. The summed E-state index contributed by atoms with van der Waals surface area (Å²) in [5.74, 6) is 1.82. The lowest BCUT2D eigenvalue weighted by molar-refractivity contribution is 0.418. The molecule has 3 heterocycles. The third kappa shape index (κ3) is 4.09. The Morgan fingerprint density at radius 3 is 1.90 bits per heavy atom. The molecule has 1 aromatic heterocycles. The van der Waals surface area contributed by atoms with Crippen molar-refractivity contribution in [1.29, 1.82) is 0 Å². The molecule has 0 spiro atoms. The molecule has 3 aliphatic rings. The Bertz CT molecular complexity index is 2540. The van der Waals surface area contributed by atoms with Crippen molar-refractivity contribution in [2.75, 3.05) is 4.90 Å². The van der Waals surface area contributed by atoms with E-state index in [4.69, 9.17) is 4.74 Å². The molecular formula is C46H34N2O. The van der Waals surface area contributed by atoms with Crippen LogP contribution in [-0.2, 0) is 5.41 Å². The van der Waals surface area contributed by atoms with Crippen molar-refractivity contribution in [2.45, 2.75) is 25.7 Å². The number of hydrogen-bond acceptors (Lipinski definition) is 2. The van der Waals surface area contributed by atoms with Crippen molar-refractivity contribution in [3.63, 3.8) is 0 Å². The van der Waals surface area contributed by atoms with E-state index in [0.29, 0.717) is 0 Å². The summed E-state index contributed by atoms with van der Waals surface area (Å²) in [4.78, 5) is 2.45. The first-order chi connectivity index (χ1) is 24.1. The molecule has 0 saturated carbocycles. The Hall–Kier alpha value is -6.06. The Kier molecular flexibility index (Phi) is 5.98. The van der Waals surface area contributed by atoms with Gasteiger partial charge in [-0.25, -0.2) is 0 Å². The third-order valence-electron chi connectivity index (χ3n) is 10.7. The van der Waals surface area contributed by atoms with Crippen LogP contribution in [0.1, 0.15) is 37.0 Å². The lowest BCUT2D eigenvalue weighted by Gasteiger charge is -2.36. The molecule has 3 heteroatoms. The quantitative estimate of drug-likeness (QED) is 0.189. The summed E-state index contributed by atoms with van der Waals surface area (Å²) in [6.45, 7) is 4.66. The SMILES string of the molecule is CC1(C)c2cc(N3C4=C(CC=CC=C4)c4ccccc4-c4ccccc43)ccc2Oc2ccc(-n3c4ccccc4c4ccccc43)cc21. The first kappa shape index (κ1) is 28.0. The number of aromatic nitrogens is 1. The molecule has 10 rings (SSSR count). The molecule has 0 amide bonds. The van der Waals surface area contributed by atoms with Crippen molar-refractivity contribution in [3.8, 4) is 28.3 Å². The van der Waals surface area contributed by atoms with E-state index in [1.54, 1.807) is 0 Å². The molecule has 6 aromatic carbocycles. The topological polar surface area (TPSA) is 17.4 Å². The zero-order valence-electron chi connectivity index (χ0n) is 27.5. The zero-order valence-corrected chi connectivity index (χ0v) is 27.5.